The normalized spacial score (nSPS) is 10.2. The van der Waals surface area contributed by atoms with Gasteiger partial charge < -0.3 is 5.73 Å². The van der Waals surface area contributed by atoms with Gasteiger partial charge in [-0.15, -0.1) is 0 Å². The molecule has 19 heavy (non-hydrogen) atoms. The van der Waals surface area contributed by atoms with Crippen LogP contribution in [0.2, 0.25) is 0 Å². The third kappa shape index (κ3) is 2.30. The lowest BCUT2D eigenvalue weighted by Gasteiger charge is -2.10. The molecule has 96 valence electrons. The molecule has 0 spiro atoms. The van der Waals surface area contributed by atoms with Crippen molar-refractivity contribution >= 4 is 17.1 Å². The van der Waals surface area contributed by atoms with E-state index < -0.39 is 4.92 Å². The second-order valence-electron chi connectivity index (χ2n) is 4.19. The van der Waals surface area contributed by atoms with Gasteiger partial charge in [0.05, 0.1) is 10.6 Å². The van der Waals surface area contributed by atoms with Gasteiger partial charge in [0.2, 0.25) is 0 Å². The summed E-state index contributed by atoms with van der Waals surface area (Å²) in [5.74, 6) is 0. The molecule has 5 heteroatoms. The second-order valence-corrected chi connectivity index (χ2v) is 4.19. The first-order valence-electron chi connectivity index (χ1n) is 5.70. The minimum atomic E-state index is -0.488. The molecule has 0 fully saturated rings. The van der Waals surface area contributed by atoms with Crippen molar-refractivity contribution in [2.24, 2.45) is 0 Å². The van der Waals surface area contributed by atoms with Crippen LogP contribution in [0, 0.1) is 22.4 Å². The van der Waals surface area contributed by atoms with Crippen LogP contribution in [0.1, 0.15) is 16.7 Å². The first-order valence-corrected chi connectivity index (χ1v) is 5.70. The lowest BCUT2D eigenvalue weighted by molar-refractivity contribution is -0.385. The molecule has 0 saturated carbocycles. The molecule has 0 unspecified atom stereocenters. The Morgan fingerprint density at radius 2 is 1.84 bits per heavy atom. The van der Waals surface area contributed by atoms with Gasteiger partial charge in [-0.05, 0) is 13.0 Å². The Hall–Kier alpha value is -2.69. The Bertz CT molecular complexity index is 651. The van der Waals surface area contributed by atoms with Gasteiger partial charge in [0.1, 0.15) is 5.56 Å². The summed E-state index contributed by atoms with van der Waals surface area (Å²) in [5.41, 5.74) is 7.30. The number of benzene rings is 2. The number of hydrogen-bond donors (Lipinski definition) is 2. The van der Waals surface area contributed by atoms with Crippen LogP contribution in [-0.2, 0) is 0 Å². The van der Waals surface area contributed by atoms with E-state index in [4.69, 9.17) is 11.1 Å². The summed E-state index contributed by atoms with van der Waals surface area (Å²) >= 11 is 0. The summed E-state index contributed by atoms with van der Waals surface area (Å²) in [6.07, 6.45) is 0. The Morgan fingerprint density at radius 1 is 1.21 bits per heavy atom. The van der Waals surface area contributed by atoms with E-state index in [1.807, 2.05) is 6.07 Å². The van der Waals surface area contributed by atoms with Crippen LogP contribution in [0.25, 0.3) is 0 Å². The molecule has 0 amide bonds. The van der Waals surface area contributed by atoms with Gasteiger partial charge >= 0.3 is 0 Å². The number of anilines is 1. The van der Waals surface area contributed by atoms with Crippen LogP contribution in [-0.4, -0.2) is 10.6 Å². The molecule has 5 nitrogen and oxygen atoms in total. The maximum absolute atomic E-state index is 11.2. The number of nitrogens with one attached hydrogen (secondary N) is 1. The predicted octanol–water partition coefficient (Wildman–Crippen LogP) is 2.90. The average molecular weight is 255 g/mol. The Balaban J connectivity index is 2.66. The van der Waals surface area contributed by atoms with Gasteiger partial charge in [0.25, 0.3) is 5.69 Å². The van der Waals surface area contributed by atoms with E-state index in [1.54, 1.807) is 43.3 Å². The Labute approximate surface area is 110 Å². The van der Waals surface area contributed by atoms with Crippen LogP contribution >= 0.6 is 0 Å². The largest absolute Gasteiger partial charge is 0.398 e. The molecule has 2 aromatic carbocycles. The van der Waals surface area contributed by atoms with Gasteiger partial charge in [-0.25, -0.2) is 0 Å². The molecule has 0 heterocycles. The number of nitrogens with zero attached hydrogens (tertiary/aromatic N) is 1. The smallest absolute Gasteiger partial charge is 0.283 e. The molecule has 0 radical (unpaired) electrons. The first kappa shape index (κ1) is 12.8. The highest BCUT2D eigenvalue weighted by Crippen LogP contribution is 2.30. The SMILES string of the molecule is Cc1ccc(N)c(C(=N)c2ccccc2)c1[N+](=O)[O-]. The van der Waals surface area contributed by atoms with Crippen LogP contribution in [0.3, 0.4) is 0 Å². The first-order chi connectivity index (χ1) is 9.02. The van der Waals surface area contributed by atoms with Crippen molar-refractivity contribution in [1.82, 2.24) is 0 Å². The number of nitro groups is 1. The molecule has 3 N–H and O–H groups in total. The van der Waals surface area contributed by atoms with Crippen molar-refractivity contribution in [3.8, 4) is 0 Å². The van der Waals surface area contributed by atoms with Gasteiger partial charge in [-0.2, -0.15) is 0 Å². The quantitative estimate of drug-likeness (QED) is 0.382. The van der Waals surface area contributed by atoms with Crippen LogP contribution in [0.4, 0.5) is 11.4 Å². The molecule has 2 aromatic rings. The molecule has 0 aliphatic heterocycles. The Morgan fingerprint density at radius 3 is 2.42 bits per heavy atom. The molecule has 0 aliphatic carbocycles. The van der Waals surface area contributed by atoms with Crippen molar-refractivity contribution in [3.63, 3.8) is 0 Å². The highest BCUT2D eigenvalue weighted by Gasteiger charge is 2.23. The second kappa shape index (κ2) is 4.89. The fourth-order valence-corrected chi connectivity index (χ4v) is 1.96. The van der Waals surface area contributed by atoms with Crippen molar-refractivity contribution in [1.29, 1.82) is 5.41 Å². The van der Waals surface area contributed by atoms with E-state index in [1.165, 1.54) is 0 Å². The van der Waals surface area contributed by atoms with E-state index >= 15 is 0 Å². The lowest BCUT2D eigenvalue weighted by Crippen LogP contribution is -2.10. The van der Waals surface area contributed by atoms with E-state index in [9.17, 15) is 10.1 Å². The summed E-state index contributed by atoms with van der Waals surface area (Å²) in [4.78, 5) is 10.7. The number of nitrogen functional groups attached to an aromatic ring is 1. The molecule has 0 atom stereocenters. The van der Waals surface area contributed by atoms with Crippen molar-refractivity contribution in [3.05, 3.63) is 69.3 Å². The van der Waals surface area contributed by atoms with Gasteiger partial charge in [0, 0.05) is 16.8 Å². The van der Waals surface area contributed by atoms with Gasteiger partial charge in [-0.3, -0.25) is 15.5 Å². The zero-order valence-electron chi connectivity index (χ0n) is 10.4. The fraction of sp³-hybridized carbons (Fsp3) is 0.0714. The number of aryl methyl sites for hydroxylation is 1. The summed E-state index contributed by atoms with van der Waals surface area (Å²) < 4.78 is 0. The molecular weight excluding hydrogens is 242 g/mol. The highest BCUT2D eigenvalue weighted by molar-refractivity contribution is 6.16. The van der Waals surface area contributed by atoms with E-state index in [0.29, 0.717) is 11.1 Å². The van der Waals surface area contributed by atoms with Gasteiger partial charge in [0.15, 0.2) is 0 Å². The number of rotatable bonds is 3. The highest BCUT2D eigenvalue weighted by atomic mass is 16.6. The maximum atomic E-state index is 11.2. The van der Waals surface area contributed by atoms with Crippen molar-refractivity contribution in [2.45, 2.75) is 6.92 Å². The molecular formula is C14H13N3O2. The summed E-state index contributed by atoms with van der Waals surface area (Å²) in [6, 6.07) is 12.0. The Kier molecular flexibility index (Phi) is 3.29. The van der Waals surface area contributed by atoms with Gasteiger partial charge in [-0.1, -0.05) is 36.4 Å². The fourth-order valence-electron chi connectivity index (χ4n) is 1.96. The number of nitrogens with two attached hydrogens (primary N) is 1. The predicted molar refractivity (Wildman–Crippen MR) is 74.6 cm³/mol. The lowest BCUT2D eigenvalue weighted by atomic mass is 9.97. The molecule has 0 aliphatic rings. The molecule has 0 saturated heterocycles. The summed E-state index contributed by atoms with van der Waals surface area (Å²) in [6.45, 7) is 1.64. The van der Waals surface area contributed by atoms with Crippen LogP contribution < -0.4 is 5.73 Å². The van der Waals surface area contributed by atoms with E-state index in [2.05, 4.69) is 0 Å². The van der Waals surface area contributed by atoms with Crippen LogP contribution in [0.5, 0.6) is 0 Å². The topological polar surface area (TPSA) is 93.0 Å². The minimum absolute atomic E-state index is 0.0634. The molecule has 2 rings (SSSR count). The minimum Gasteiger partial charge on any atom is -0.398 e. The maximum Gasteiger partial charge on any atom is 0.283 e. The molecule has 0 bridgehead atoms. The standard InChI is InChI=1S/C14H13N3O2/c1-9-7-8-11(15)12(14(9)17(18)19)13(16)10-5-3-2-4-6-10/h2-8,16H,15H2,1H3. The zero-order chi connectivity index (χ0) is 14.0. The third-order valence-electron chi connectivity index (χ3n) is 2.91. The van der Waals surface area contributed by atoms with E-state index in [0.717, 1.165) is 0 Å². The zero-order valence-corrected chi connectivity index (χ0v) is 10.4. The number of nitro benzene ring substituents is 1. The summed E-state index contributed by atoms with van der Waals surface area (Å²) in [7, 11) is 0. The number of hydrogen-bond acceptors (Lipinski definition) is 4. The van der Waals surface area contributed by atoms with E-state index in [-0.39, 0.29) is 22.6 Å². The van der Waals surface area contributed by atoms with Crippen molar-refractivity contribution in [2.75, 3.05) is 5.73 Å². The summed E-state index contributed by atoms with van der Waals surface area (Å²) in [5, 5.41) is 19.3. The third-order valence-corrected chi connectivity index (χ3v) is 2.91. The molecule has 0 aromatic heterocycles. The average Bonchev–Trinajstić information content (AvgIpc) is 2.41. The van der Waals surface area contributed by atoms with Crippen LogP contribution in [0.15, 0.2) is 42.5 Å². The van der Waals surface area contributed by atoms with Crippen molar-refractivity contribution < 1.29 is 4.92 Å². The monoisotopic (exact) mass is 255 g/mol.